The van der Waals surface area contributed by atoms with Gasteiger partial charge in [-0.3, -0.25) is 0 Å². The molecule has 0 saturated carbocycles. The number of hydrogen-bond donors (Lipinski definition) is 2. The Labute approximate surface area is 192 Å². The molecule has 3 rings (SSSR count). The largest absolute Gasteiger partial charge is 0.494 e. The molecule has 0 amide bonds. The van der Waals surface area contributed by atoms with E-state index in [1.807, 2.05) is 44.4 Å². The number of aliphatic hydroxyl groups excluding tert-OH is 1. The van der Waals surface area contributed by atoms with Gasteiger partial charge in [0.25, 0.3) is 0 Å². The highest BCUT2D eigenvalue weighted by Crippen LogP contribution is 2.39. The number of halogens is 2. The molecule has 0 radical (unpaired) electrons. The van der Waals surface area contributed by atoms with E-state index >= 15 is 0 Å². The van der Waals surface area contributed by atoms with Crippen LogP contribution in [0.3, 0.4) is 0 Å². The SMILES string of the molecule is CCOc1cc(Cl)c(C2Cc3nc(C)nc(=NCCNC(C)(C)CO)n3N2C)c(Cl)c1. The van der Waals surface area contributed by atoms with Crippen molar-refractivity contribution in [2.75, 3.05) is 38.4 Å². The van der Waals surface area contributed by atoms with Gasteiger partial charge in [-0.05, 0) is 39.8 Å². The highest BCUT2D eigenvalue weighted by Gasteiger charge is 2.33. The van der Waals surface area contributed by atoms with Crippen molar-refractivity contribution in [3.8, 4) is 5.75 Å². The third-order valence-electron chi connectivity index (χ3n) is 5.19. The summed E-state index contributed by atoms with van der Waals surface area (Å²) < 4.78 is 7.46. The number of aliphatic hydroxyl groups is 1. The molecular weight excluding hydrogens is 439 g/mol. The monoisotopic (exact) mass is 468 g/mol. The normalized spacial score (nSPS) is 16.7. The van der Waals surface area contributed by atoms with Crippen LogP contribution < -0.4 is 20.7 Å². The van der Waals surface area contributed by atoms with Gasteiger partial charge in [0.1, 0.15) is 17.4 Å². The van der Waals surface area contributed by atoms with Crippen molar-refractivity contribution in [1.29, 1.82) is 0 Å². The molecule has 0 fully saturated rings. The third-order valence-corrected chi connectivity index (χ3v) is 5.82. The van der Waals surface area contributed by atoms with Crippen molar-refractivity contribution in [3.05, 3.63) is 45.0 Å². The number of aromatic nitrogens is 3. The lowest BCUT2D eigenvalue weighted by atomic mass is 10.0. The Hall–Kier alpha value is -1.87. The van der Waals surface area contributed by atoms with E-state index in [1.165, 1.54) is 0 Å². The Morgan fingerprint density at radius 1 is 1.29 bits per heavy atom. The predicted octanol–water partition coefficient (Wildman–Crippen LogP) is 2.42. The van der Waals surface area contributed by atoms with Crippen molar-refractivity contribution >= 4 is 23.2 Å². The summed E-state index contributed by atoms with van der Waals surface area (Å²) in [5.41, 5.74) is 1.05. The Kier molecular flexibility index (Phi) is 7.47. The van der Waals surface area contributed by atoms with Gasteiger partial charge >= 0.3 is 0 Å². The van der Waals surface area contributed by atoms with Crippen LogP contribution in [0.1, 0.15) is 44.0 Å². The molecule has 0 saturated heterocycles. The average Bonchev–Trinajstić information content (AvgIpc) is 3.01. The second-order valence-electron chi connectivity index (χ2n) is 8.18. The van der Waals surface area contributed by atoms with Crippen molar-refractivity contribution in [3.63, 3.8) is 0 Å². The zero-order chi connectivity index (χ0) is 22.8. The van der Waals surface area contributed by atoms with E-state index in [1.54, 1.807) is 12.1 Å². The summed E-state index contributed by atoms with van der Waals surface area (Å²) in [5.74, 6) is 2.16. The number of ether oxygens (including phenoxy) is 1. The van der Waals surface area contributed by atoms with E-state index in [4.69, 9.17) is 27.9 Å². The Bertz CT molecular complexity index is 985. The van der Waals surface area contributed by atoms with Crippen LogP contribution in [-0.4, -0.2) is 58.6 Å². The van der Waals surface area contributed by atoms with Crippen LogP contribution in [0.4, 0.5) is 0 Å². The van der Waals surface area contributed by atoms with Crippen molar-refractivity contribution in [2.45, 2.75) is 45.7 Å². The maximum Gasteiger partial charge on any atom is 0.247 e. The first-order valence-electron chi connectivity index (χ1n) is 10.3. The number of nitrogens with one attached hydrogen (secondary N) is 1. The standard InChI is InChI=1S/C21H30Cl2N6O2/c1-6-31-14-9-15(22)19(16(23)10-14)17-11-18-26-13(2)27-20(29(18)28(17)5)24-7-8-25-21(3,4)12-30/h9-10,17,25,30H,6-8,11-12H2,1-5H3. The van der Waals surface area contributed by atoms with Crippen LogP contribution in [0.25, 0.3) is 0 Å². The molecule has 0 aliphatic carbocycles. The summed E-state index contributed by atoms with van der Waals surface area (Å²) in [6, 6.07) is 3.49. The number of hydrogen-bond acceptors (Lipinski definition) is 7. The molecule has 10 heteroatoms. The zero-order valence-corrected chi connectivity index (χ0v) is 20.1. The summed E-state index contributed by atoms with van der Waals surface area (Å²) in [6.07, 6.45) is 0.631. The molecule has 31 heavy (non-hydrogen) atoms. The minimum Gasteiger partial charge on any atom is -0.494 e. The van der Waals surface area contributed by atoms with E-state index in [-0.39, 0.29) is 18.2 Å². The lowest BCUT2D eigenvalue weighted by molar-refractivity contribution is 0.190. The number of fused-ring (bicyclic) bond motifs is 1. The van der Waals surface area contributed by atoms with Gasteiger partial charge in [0.05, 0.1) is 35.8 Å². The maximum absolute atomic E-state index is 9.38. The fourth-order valence-electron chi connectivity index (χ4n) is 3.59. The van der Waals surface area contributed by atoms with Crippen LogP contribution in [0.5, 0.6) is 5.75 Å². The van der Waals surface area contributed by atoms with Crippen LogP contribution in [-0.2, 0) is 6.42 Å². The highest BCUT2D eigenvalue weighted by atomic mass is 35.5. The molecular formula is C21H30Cl2N6O2. The molecule has 8 nitrogen and oxygen atoms in total. The number of nitrogens with zero attached hydrogens (tertiary/aromatic N) is 5. The molecule has 2 heterocycles. The van der Waals surface area contributed by atoms with Gasteiger partial charge in [-0.15, -0.1) is 0 Å². The first-order chi connectivity index (χ1) is 14.7. The van der Waals surface area contributed by atoms with Gasteiger partial charge in [0, 0.05) is 31.1 Å². The van der Waals surface area contributed by atoms with Gasteiger partial charge in [0.15, 0.2) is 0 Å². The van der Waals surface area contributed by atoms with Crippen LogP contribution in [0, 0.1) is 6.92 Å². The third kappa shape index (κ3) is 5.31. The molecule has 0 spiro atoms. The van der Waals surface area contributed by atoms with E-state index < -0.39 is 0 Å². The van der Waals surface area contributed by atoms with Gasteiger partial charge < -0.3 is 20.2 Å². The lowest BCUT2D eigenvalue weighted by Gasteiger charge is -2.25. The van der Waals surface area contributed by atoms with Gasteiger partial charge in [-0.1, -0.05) is 23.2 Å². The number of likely N-dealkylation sites (N-methyl/N-ethyl adjacent to an activating group) is 1. The molecule has 170 valence electrons. The second-order valence-corrected chi connectivity index (χ2v) is 8.99. The fraction of sp³-hybridized carbons (Fsp3) is 0.571. The van der Waals surface area contributed by atoms with Crippen molar-refractivity contribution in [1.82, 2.24) is 20.0 Å². The van der Waals surface area contributed by atoms with E-state index in [2.05, 4.69) is 20.3 Å². The molecule has 1 aromatic carbocycles. The van der Waals surface area contributed by atoms with E-state index in [0.29, 0.717) is 53.4 Å². The van der Waals surface area contributed by atoms with E-state index in [9.17, 15) is 5.11 Å². The topological polar surface area (TPSA) is 87.8 Å². The summed E-state index contributed by atoms with van der Waals surface area (Å²) in [4.78, 5) is 13.8. The van der Waals surface area contributed by atoms with Crippen LogP contribution in [0.2, 0.25) is 10.0 Å². The summed E-state index contributed by atoms with van der Waals surface area (Å²) in [5, 5.41) is 15.8. The van der Waals surface area contributed by atoms with Gasteiger partial charge in [0.2, 0.25) is 5.62 Å². The molecule has 1 aromatic heterocycles. The van der Waals surface area contributed by atoms with Gasteiger partial charge in [-0.25, -0.2) is 14.7 Å². The first kappa shape index (κ1) is 23.8. The molecule has 2 aromatic rings. The molecule has 1 unspecified atom stereocenters. The number of benzene rings is 1. The van der Waals surface area contributed by atoms with Crippen molar-refractivity contribution in [2.24, 2.45) is 4.99 Å². The quantitative estimate of drug-likeness (QED) is 0.578. The molecule has 2 N–H and O–H groups in total. The Morgan fingerprint density at radius 3 is 2.58 bits per heavy atom. The Balaban J connectivity index is 1.90. The molecule has 1 atom stereocenters. The van der Waals surface area contributed by atoms with E-state index in [0.717, 1.165) is 11.4 Å². The lowest BCUT2D eigenvalue weighted by Crippen LogP contribution is -2.44. The van der Waals surface area contributed by atoms with Crippen LogP contribution in [0.15, 0.2) is 17.1 Å². The molecule has 1 aliphatic heterocycles. The molecule has 1 aliphatic rings. The number of aryl methyl sites for hydroxylation is 1. The fourth-order valence-corrected chi connectivity index (χ4v) is 4.31. The zero-order valence-electron chi connectivity index (χ0n) is 18.6. The van der Waals surface area contributed by atoms with Crippen molar-refractivity contribution < 1.29 is 9.84 Å². The van der Waals surface area contributed by atoms with Gasteiger partial charge in [-0.2, -0.15) is 4.98 Å². The second kappa shape index (κ2) is 9.73. The Morgan fingerprint density at radius 2 is 1.97 bits per heavy atom. The smallest absolute Gasteiger partial charge is 0.247 e. The average molecular weight is 469 g/mol. The first-order valence-corrected chi connectivity index (χ1v) is 11.1. The molecule has 0 bridgehead atoms. The van der Waals surface area contributed by atoms with Crippen LogP contribution >= 0.6 is 23.2 Å². The summed E-state index contributed by atoms with van der Waals surface area (Å²) in [7, 11) is 1.95. The minimum atomic E-state index is -0.352. The maximum atomic E-state index is 9.38. The summed E-state index contributed by atoms with van der Waals surface area (Å²) >= 11 is 13.2. The number of rotatable bonds is 8. The predicted molar refractivity (Wildman–Crippen MR) is 123 cm³/mol. The summed E-state index contributed by atoms with van der Waals surface area (Å²) in [6.45, 7) is 9.39. The minimum absolute atomic E-state index is 0.0534. The highest BCUT2D eigenvalue weighted by molar-refractivity contribution is 6.36.